The van der Waals surface area contributed by atoms with Gasteiger partial charge in [-0.3, -0.25) is 0 Å². The Kier molecular flexibility index (Phi) is 4.42. The summed E-state index contributed by atoms with van der Waals surface area (Å²) in [4.78, 5) is 8.71. The highest BCUT2D eigenvalue weighted by molar-refractivity contribution is 5.64. The van der Waals surface area contributed by atoms with Crippen LogP contribution in [0.4, 0.5) is 27.4 Å². The summed E-state index contributed by atoms with van der Waals surface area (Å²) in [5.41, 5.74) is 3.69. The molecule has 0 bridgehead atoms. The molecule has 24 heavy (non-hydrogen) atoms. The van der Waals surface area contributed by atoms with Gasteiger partial charge >= 0.3 is 0 Å². The molecule has 122 valence electrons. The second-order valence-electron chi connectivity index (χ2n) is 5.79. The van der Waals surface area contributed by atoms with E-state index < -0.39 is 0 Å². The molecule has 0 saturated heterocycles. The minimum atomic E-state index is -0.322. The van der Waals surface area contributed by atoms with Gasteiger partial charge in [0.25, 0.3) is 0 Å². The van der Waals surface area contributed by atoms with Crippen LogP contribution in [0, 0.1) is 26.6 Å². The van der Waals surface area contributed by atoms with Crippen LogP contribution >= 0.6 is 0 Å². The summed E-state index contributed by atoms with van der Waals surface area (Å²) in [5, 5.41) is 6.28. The van der Waals surface area contributed by atoms with Crippen LogP contribution in [0.1, 0.15) is 17.0 Å². The maximum absolute atomic E-state index is 13.8. The SMILES string of the molecule is Cc1cc(C)cc(Nc2cc(Nc3ccccc3F)nc(C)n2)c1. The van der Waals surface area contributed by atoms with Crippen molar-refractivity contribution in [2.24, 2.45) is 0 Å². The Morgan fingerprint density at radius 1 is 0.792 bits per heavy atom. The molecule has 0 atom stereocenters. The molecule has 1 heterocycles. The number of aromatic nitrogens is 2. The zero-order chi connectivity index (χ0) is 17.1. The molecule has 3 aromatic rings. The zero-order valence-electron chi connectivity index (χ0n) is 13.9. The van der Waals surface area contributed by atoms with Gasteiger partial charge in [0.2, 0.25) is 0 Å². The predicted octanol–water partition coefficient (Wildman–Crippen LogP) is 5.03. The third kappa shape index (κ3) is 3.87. The Bertz CT molecular complexity index is 857. The van der Waals surface area contributed by atoms with E-state index in [0.717, 1.165) is 5.69 Å². The molecule has 4 nitrogen and oxygen atoms in total. The number of nitrogens with one attached hydrogen (secondary N) is 2. The molecular weight excluding hydrogens is 303 g/mol. The lowest BCUT2D eigenvalue weighted by Gasteiger charge is -2.11. The Labute approximate surface area is 140 Å². The van der Waals surface area contributed by atoms with E-state index in [1.54, 1.807) is 31.2 Å². The highest BCUT2D eigenvalue weighted by Gasteiger charge is 2.06. The third-order valence-corrected chi connectivity index (χ3v) is 3.47. The van der Waals surface area contributed by atoms with Crippen LogP contribution in [0.2, 0.25) is 0 Å². The van der Waals surface area contributed by atoms with Gasteiger partial charge in [-0.1, -0.05) is 18.2 Å². The van der Waals surface area contributed by atoms with Crippen LogP contribution in [-0.4, -0.2) is 9.97 Å². The summed E-state index contributed by atoms with van der Waals surface area (Å²) in [6, 6.07) is 14.5. The largest absolute Gasteiger partial charge is 0.340 e. The maximum Gasteiger partial charge on any atom is 0.146 e. The van der Waals surface area contributed by atoms with Crippen LogP contribution < -0.4 is 10.6 Å². The summed E-state index contributed by atoms with van der Waals surface area (Å²) in [7, 11) is 0. The molecule has 2 N–H and O–H groups in total. The molecule has 0 unspecified atom stereocenters. The lowest BCUT2D eigenvalue weighted by atomic mass is 10.1. The molecule has 0 amide bonds. The summed E-state index contributed by atoms with van der Waals surface area (Å²) in [5.74, 6) is 1.48. The lowest BCUT2D eigenvalue weighted by Crippen LogP contribution is -2.02. The number of benzene rings is 2. The first-order valence-corrected chi connectivity index (χ1v) is 7.72. The number of hydrogen-bond donors (Lipinski definition) is 2. The molecule has 0 fully saturated rings. The quantitative estimate of drug-likeness (QED) is 0.707. The van der Waals surface area contributed by atoms with Gasteiger partial charge < -0.3 is 10.6 Å². The van der Waals surface area contributed by atoms with Crippen molar-refractivity contribution in [2.45, 2.75) is 20.8 Å². The molecule has 0 radical (unpaired) electrons. The van der Waals surface area contributed by atoms with Crippen LogP contribution in [0.3, 0.4) is 0 Å². The fraction of sp³-hybridized carbons (Fsp3) is 0.158. The first kappa shape index (κ1) is 15.9. The first-order chi connectivity index (χ1) is 11.5. The van der Waals surface area contributed by atoms with Crippen molar-refractivity contribution >= 4 is 23.0 Å². The number of nitrogens with zero attached hydrogens (tertiary/aromatic N) is 2. The molecule has 0 aliphatic rings. The highest BCUT2D eigenvalue weighted by atomic mass is 19.1. The number of anilines is 4. The molecule has 1 aromatic heterocycles. The third-order valence-electron chi connectivity index (χ3n) is 3.47. The molecule has 5 heteroatoms. The van der Waals surface area contributed by atoms with Gasteiger partial charge in [-0.15, -0.1) is 0 Å². The maximum atomic E-state index is 13.8. The van der Waals surface area contributed by atoms with Crippen molar-refractivity contribution in [3.8, 4) is 0 Å². The second kappa shape index (κ2) is 6.66. The Morgan fingerprint density at radius 3 is 2.08 bits per heavy atom. The molecule has 0 saturated carbocycles. The van der Waals surface area contributed by atoms with Crippen LogP contribution in [0.5, 0.6) is 0 Å². The molecule has 0 spiro atoms. The van der Waals surface area contributed by atoms with Crippen molar-refractivity contribution in [1.82, 2.24) is 9.97 Å². The number of rotatable bonds is 4. The Balaban J connectivity index is 1.87. The van der Waals surface area contributed by atoms with Crippen LogP contribution in [-0.2, 0) is 0 Å². The van der Waals surface area contributed by atoms with E-state index in [-0.39, 0.29) is 5.82 Å². The van der Waals surface area contributed by atoms with E-state index in [1.165, 1.54) is 17.2 Å². The normalized spacial score (nSPS) is 10.5. The molecule has 0 aliphatic heterocycles. The van der Waals surface area contributed by atoms with Gasteiger partial charge in [0.05, 0.1) is 5.69 Å². The lowest BCUT2D eigenvalue weighted by molar-refractivity contribution is 0.632. The van der Waals surface area contributed by atoms with Crippen molar-refractivity contribution in [3.63, 3.8) is 0 Å². The highest BCUT2D eigenvalue weighted by Crippen LogP contribution is 2.23. The Hall–Kier alpha value is -2.95. The van der Waals surface area contributed by atoms with E-state index in [9.17, 15) is 4.39 Å². The van der Waals surface area contributed by atoms with Gasteiger partial charge in [-0.2, -0.15) is 0 Å². The van der Waals surface area contributed by atoms with Gasteiger partial charge in [-0.25, -0.2) is 14.4 Å². The standard InChI is InChI=1S/C19H19FN4/c1-12-8-13(2)10-15(9-12)23-18-11-19(22-14(3)21-18)24-17-7-5-4-6-16(17)20/h4-11H,1-3H3,(H2,21,22,23,24). The van der Waals surface area contributed by atoms with Crippen LogP contribution in [0.25, 0.3) is 0 Å². The average Bonchev–Trinajstić information content (AvgIpc) is 2.48. The summed E-state index contributed by atoms with van der Waals surface area (Å²) < 4.78 is 13.8. The molecule has 0 aliphatic carbocycles. The van der Waals surface area contributed by atoms with Crippen molar-refractivity contribution in [1.29, 1.82) is 0 Å². The second-order valence-corrected chi connectivity index (χ2v) is 5.79. The monoisotopic (exact) mass is 322 g/mol. The summed E-state index contributed by atoms with van der Waals surface area (Å²) >= 11 is 0. The van der Waals surface area contributed by atoms with E-state index in [2.05, 4.69) is 52.6 Å². The van der Waals surface area contributed by atoms with Gasteiger partial charge in [0.1, 0.15) is 23.3 Å². The number of aryl methyl sites for hydroxylation is 3. The average molecular weight is 322 g/mol. The zero-order valence-corrected chi connectivity index (χ0v) is 13.9. The van der Waals surface area contributed by atoms with Gasteiger partial charge in [-0.05, 0) is 56.2 Å². The Morgan fingerprint density at radius 2 is 1.42 bits per heavy atom. The number of halogens is 1. The van der Waals surface area contributed by atoms with Gasteiger partial charge in [0, 0.05) is 11.8 Å². The fourth-order valence-electron chi connectivity index (χ4n) is 2.59. The minimum Gasteiger partial charge on any atom is -0.340 e. The number of hydrogen-bond acceptors (Lipinski definition) is 4. The van der Waals surface area contributed by atoms with E-state index in [4.69, 9.17) is 0 Å². The smallest absolute Gasteiger partial charge is 0.146 e. The predicted molar refractivity (Wildman–Crippen MR) is 95.7 cm³/mol. The number of para-hydroxylation sites is 1. The minimum absolute atomic E-state index is 0.322. The summed E-state index contributed by atoms with van der Waals surface area (Å²) in [6.45, 7) is 5.91. The van der Waals surface area contributed by atoms with E-state index in [0.29, 0.717) is 23.1 Å². The molecule has 3 rings (SSSR count). The van der Waals surface area contributed by atoms with Gasteiger partial charge in [0.15, 0.2) is 0 Å². The van der Waals surface area contributed by atoms with Crippen molar-refractivity contribution in [2.75, 3.05) is 10.6 Å². The topological polar surface area (TPSA) is 49.8 Å². The van der Waals surface area contributed by atoms with Crippen molar-refractivity contribution in [3.05, 3.63) is 71.3 Å². The van der Waals surface area contributed by atoms with E-state index in [1.807, 2.05) is 0 Å². The molecular formula is C19H19FN4. The van der Waals surface area contributed by atoms with Crippen molar-refractivity contribution < 1.29 is 4.39 Å². The van der Waals surface area contributed by atoms with E-state index >= 15 is 0 Å². The fourth-order valence-corrected chi connectivity index (χ4v) is 2.59. The first-order valence-electron chi connectivity index (χ1n) is 7.72. The summed E-state index contributed by atoms with van der Waals surface area (Å²) in [6.07, 6.45) is 0. The van der Waals surface area contributed by atoms with Crippen LogP contribution in [0.15, 0.2) is 48.5 Å². The molecule has 2 aromatic carbocycles.